The van der Waals surface area contributed by atoms with Crippen LogP contribution in [0.2, 0.25) is 0 Å². The van der Waals surface area contributed by atoms with Gasteiger partial charge in [-0.05, 0) is 51.2 Å². The number of rotatable bonds is 9. The summed E-state index contributed by atoms with van der Waals surface area (Å²) in [5.41, 5.74) is 2.39. The molecular formula is C16H20N8. The first-order valence-electron chi connectivity index (χ1n) is 8.02. The van der Waals surface area contributed by atoms with Crippen molar-refractivity contribution in [1.29, 1.82) is 0 Å². The van der Waals surface area contributed by atoms with Crippen LogP contribution in [-0.2, 0) is 12.8 Å². The van der Waals surface area contributed by atoms with Crippen LogP contribution in [0.25, 0.3) is 6.08 Å². The lowest BCUT2D eigenvalue weighted by molar-refractivity contribution is 0.540. The molecule has 8 nitrogen and oxygen atoms in total. The Morgan fingerprint density at radius 1 is 1.00 bits per heavy atom. The van der Waals surface area contributed by atoms with Crippen LogP contribution in [0.1, 0.15) is 48.0 Å². The zero-order valence-electron chi connectivity index (χ0n) is 13.4. The third kappa shape index (κ3) is 4.31. The summed E-state index contributed by atoms with van der Waals surface area (Å²) in [6.07, 6.45) is 6.67. The van der Waals surface area contributed by atoms with Gasteiger partial charge in [0.05, 0.1) is 0 Å². The first-order chi connectivity index (χ1) is 11.8. The van der Waals surface area contributed by atoms with Crippen molar-refractivity contribution in [1.82, 2.24) is 41.2 Å². The van der Waals surface area contributed by atoms with Crippen LogP contribution in [0, 0.1) is 0 Å². The summed E-state index contributed by atoms with van der Waals surface area (Å²) in [7, 11) is 0. The van der Waals surface area contributed by atoms with E-state index in [1.165, 1.54) is 5.56 Å². The van der Waals surface area contributed by atoms with Crippen LogP contribution in [-0.4, -0.2) is 41.2 Å². The fourth-order valence-electron chi connectivity index (χ4n) is 2.72. The lowest BCUT2D eigenvalue weighted by atomic mass is 9.92. The molecule has 124 valence electrons. The van der Waals surface area contributed by atoms with Crippen molar-refractivity contribution < 1.29 is 0 Å². The van der Waals surface area contributed by atoms with Crippen molar-refractivity contribution in [3.63, 3.8) is 0 Å². The summed E-state index contributed by atoms with van der Waals surface area (Å²) >= 11 is 0. The molecule has 0 saturated heterocycles. The number of hydrogen-bond donors (Lipinski definition) is 2. The largest absolute Gasteiger partial charge is 0.243 e. The molecule has 0 spiro atoms. The van der Waals surface area contributed by atoms with E-state index in [2.05, 4.69) is 72.1 Å². The van der Waals surface area contributed by atoms with Gasteiger partial charge >= 0.3 is 0 Å². The number of tetrazole rings is 2. The SMILES string of the molecule is C=Cc1ccc(CC(CCCCc2nnn[nH]2)c2nnn[nH]2)cc1. The van der Waals surface area contributed by atoms with E-state index in [0.717, 1.165) is 49.3 Å². The summed E-state index contributed by atoms with van der Waals surface area (Å²) in [6.45, 7) is 3.79. The second-order valence-corrected chi connectivity index (χ2v) is 5.73. The molecule has 0 aliphatic carbocycles. The number of unbranched alkanes of at least 4 members (excludes halogenated alkanes) is 1. The minimum atomic E-state index is 0.266. The molecule has 1 unspecified atom stereocenters. The van der Waals surface area contributed by atoms with E-state index in [4.69, 9.17) is 0 Å². The van der Waals surface area contributed by atoms with E-state index in [-0.39, 0.29) is 5.92 Å². The van der Waals surface area contributed by atoms with Crippen LogP contribution in [0.4, 0.5) is 0 Å². The molecule has 0 amide bonds. The van der Waals surface area contributed by atoms with Crippen LogP contribution in [0.3, 0.4) is 0 Å². The number of H-pyrrole nitrogens is 2. The van der Waals surface area contributed by atoms with Crippen molar-refractivity contribution in [3.8, 4) is 0 Å². The highest BCUT2D eigenvalue weighted by atomic mass is 15.5. The summed E-state index contributed by atoms with van der Waals surface area (Å²) < 4.78 is 0. The summed E-state index contributed by atoms with van der Waals surface area (Å²) in [6, 6.07) is 8.42. The minimum Gasteiger partial charge on any atom is -0.243 e. The Hall–Kier alpha value is -2.90. The van der Waals surface area contributed by atoms with Crippen molar-refractivity contribution >= 4 is 6.08 Å². The highest BCUT2D eigenvalue weighted by Gasteiger charge is 2.16. The van der Waals surface area contributed by atoms with Gasteiger partial charge in [-0.3, -0.25) is 0 Å². The smallest absolute Gasteiger partial charge is 0.151 e. The Kier molecular flexibility index (Phi) is 5.39. The molecule has 0 aliphatic heterocycles. The van der Waals surface area contributed by atoms with Gasteiger partial charge in [0.25, 0.3) is 0 Å². The van der Waals surface area contributed by atoms with Crippen molar-refractivity contribution in [2.75, 3.05) is 0 Å². The molecule has 0 saturated carbocycles. The van der Waals surface area contributed by atoms with Crippen LogP contribution < -0.4 is 0 Å². The number of benzene rings is 1. The fourth-order valence-corrected chi connectivity index (χ4v) is 2.72. The highest BCUT2D eigenvalue weighted by Crippen LogP contribution is 2.24. The molecule has 3 rings (SSSR count). The van der Waals surface area contributed by atoms with Gasteiger partial charge < -0.3 is 0 Å². The molecule has 0 aliphatic rings. The van der Waals surface area contributed by atoms with Gasteiger partial charge in [-0.25, -0.2) is 10.2 Å². The lowest BCUT2D eigenvalue weighted by Crippen LogP contribution is -2.06. The number of aryl methyl sites for hydroxylation is 1. The number of aromatic amines is 2. The van der Waals surface area contributed by atoms with Crippen molar-refractivity contribution in [3.05, 3.63) is 53.6 Å². The Morgan fingerprint density at radius 2 is 1.79 bits per heavy atom. The standard InChI is InChI=1S/C16H20N8/c1-2-12-7-9-13(10-8-12)11-14(16-19-23-24-20-16)5-3-4-6-15-17-21-22-18-15/h2,7-10,14H,1,3-6,11H2,(H,17,18,21,22)(H,19,20,23,24). The summed E-state index contributed by atoms with van der Waals surface area (Å²) in [5.74, 6) is 1.93. The summed E-state index contributed by atoms with van der Waals surface area (Å²) in [5, 5.41) is 28.3. The van der Waals surface area contributed by atoms with E-state index in [9.17, 15) is 0 Å². The van der Waals surface area contributed by atoms with Crippen molar-refractivity contribution in [2.45, 2.75) is 38.0 Å². The quantitative estimate of drug-likeness (QED) is 0.583. The molecule has 2 heterocycles. The molecule has 0 radical (unpaired) electrons. The molecule has 0 bridgehead atoms. The first kappa shape index (κ1) is 16.0. The van der Waals surface area contributed by atoms with E-state index in [1.807, 2.05) is 6.08 Å². The monoisotopic (exact) mass is 324 g/mol. The van der Waals surface area contributed by atoms with Crippen LogP contribution in [0.5, 0.6) is 0 Å². The van der Waals surface area contributed by atoms with Gasteiger partial charge in [-0.2, -0.15) is 0 Å². The zero-order chi connectivity index (χ0) is 16.6. The summed E-state index contributed by atoms with van der Waals surface area (Å²) in [4.78, 5) is 0. The zero-order valence-corrected chi connectivity index (χ0v) is 13.4. The maximum Gasteiger partial charge on any atom is 0.151 e. The highest BCUT2D eigenvalue weighted by molar-refractivity contribution is 5.47. The average Bonchev–Trinajstić information content (AvgIpc) is 3.32. The molecule has 2 aromatic heterocycles. The maximum atomic E-state index is 4.10. The molecule has 2 N–H and O–H groups in total. The fraction of sp³-hybridized carbons (Fsp3) is 0.375. The number of hydrogen-bond acceptors (Lipinski definition) is 6. The molecule has 0 fully saturated rings. The second kappa shape index (κ2) is 8.09. The Morgan fingerprint density at radius 3 is 2.46 bits per heavy atom. The molecule has 24 heavy (non-hydrogen) atoms. The van der Waals surface area contributed by atoms with E-state index in [1.54, 1.807) is 0 Å². The lowest BCUT2D eigenvalue weighted by Gasteiger charge is -2.14. The Labute approximate surface area is 139 Å². The number of nitrogens with zero attached hydrogens (tertiary/aromatic N) is 6. The number of aromatic nitrogens is 8. The predicted octanol–water partition coefficient (Wildman–Crippen LogP) is 2.10. The predicted molar refractivity (Wildman–Crippen MR) is 88.9 cm³/mol. The number of nitrogens with one attached hydrogen (secondary N) is 2. The van der Waals surface area contributed by atoms with Gasteiger partial charge in [0.1, 0.15) is 5.82 Å². The topological polar surface area (TPSA) is 109 Å². The van der Waals surface area contributed by atoms with Crippen LogP contribution in [0.15, 0.2) is 30.8 Å². The molecule has 1 aromatic carbocycles. The van der Waals surface area contributed by atoms with E-state index >= 15 is 0 Å². The molecule has 1 atom stereocenters. The molecular weight excluding hydrogens is 304 g/mol. The molecule has 3 aromatic rings. The minimum absolute atomic E-state index is 0.266. The Bertz CT molecular complexity index is 718. The average molecular weight is 324 g/mol. The molecule has 8 heteroatoms. The van der Waals surface area contributed by atoms with Crippen LogP contribution >= 0.6 is 0 Å². The van der Waals surface area contributed by atoms with Gasteiger partial charge in [0.15, 0.2) is 5.82 Å². The van der Waals surface area contributed by atoms with Gasteiger partial charge in [-0.1, -0.05) is 43.3 Å². The van der Waals surface area contributed by atoms with Gasteiger partial charge in [-0.15, -0.1) is 10.2 Å². The van der Waals surface area contributed by atoms with Crippen molar-refractivity contribution in [2.24, 2.45) is 0 Å². The maximum absolute atomic E-state index is 4.10. The van der Waals surface area contributed by atoms with Gasteiger partial charge in [0.2, 0.25) is 0 Å². The Balaban J connectivity index is 1.57. The van der Waals surface area contributed by atoms with E-state index < -0.39 is 0 Å². The third-order valence-electron chi connectivity index (χ3n) is 4.05. The normalized spacial score (nSPS) is 12.2. The van der Waals surface area contributed by atoms with Gasteiger partial charge in [0, 0.05) is 12.3 Å². The first-order valence-corrected chi connectivity index (χ1v) is 8.02. The van der Waals surface area contributed by atoms with E-state index in [0.29, 0.717) is 0 Å². The second-order valence-electron chi connectivity index (χ2n) is 5.73. The third-order valence-corrected chi connectivity index (χ3v) is 4.05.